The summed E-state index contributed by atoms with van der Waals surface area (Å²) in [5, 5.41) is 0. The van der Waals surface area contributed by atoms with Gasteiger partial charge >= 0.3 is 0 Å². The van der Waals surface area contributed by atoms with E-state index in [2.05, 4.69) is 22.1 Å². The van der Waals surface area contributed by atoms with Gasteiger partial charge in [0, 0.05) is 18.3 Å². The van der Waals surface area contributed by atoms with Gasteiger partial charge in [0.05, 0.1) is 0 Å². The molecule has 2 aliphatic rings. The van der Waals surface area contributed by atoms with Crippen molar-refractivity contribution >= 4 is 17.5 Å². The number of aromatic nitrogens is 2. The summed E-state index contributed by atoms with van der Waals surface area (Å²) < 4.78 is 0. The largest absolute Gasteiger partial charge is 0.274 e. The molecule has 22 heavy (non-hydrogen) atoms. The number of carbonyl (C=O) groups is 1. The molecule has 2 heterocycles. The number of rotatable bonds is 3. The van der Waals surface area contributed by atoms with Gasteiger partial charge < -0.3 is 0 Å². The Balaban J connectivity index is 1.72. The third-order valence-electron chi connectivity index (χ3n) is 4.57. The highest BCUT2D eigenvalue weighted by Gasteiger charge is 2.42. The average Bonchev–Trinajstić information content (AvgIpc) is 3.20. The summed E-state index contributed by atoms with van der Waals surface area (Å²) in [4.78, 5) is 23.5. The molecule has 0 aromatic carbocycles. The van der Waals surface area contributed by atoms with Crippen LogP contribution in [0.1, 0.15) is 12.8 Å². The summed E-state index contributed by atoms with van der Waals surface area (Å²) >= 11 is 0. The zero-order valence-corrected chi connectivity index (χ0v) is 12.2. The van der Waals surface area contributed by atoms with Crippen LogP contribution in [-0.2, 0) is 4.79 Å². The number of hydrogen-bond donors (Lipinski definition) is 0. The predicted molar refractivity (Wildman–Crippen MR) is 84.5 cm³/mol. The summed E-state index contributed by atoms with van der Waals surface area (Å²) in [5.74, 6) is 2.35. The fraction of sp³-hybridized carbons (Fsp3) is 0.278. The highest BCUT2D eigenvalue weighted by atomic mass is 16.2. The number of fused-ring (bicyclic) bond motifs is 2. The number of nitrogens with zero attached hydrogens (tertiary/aromatic N) is 3. The van der Waals surface area contributed by atoms with Crippen molar-refractivity contribution in [3.8, 4) is 0 Å². The topological polar surface area (TPSA) is 46.1 Å². The van der Waals surface area contributed by atoms with Crippen LogP contribution in [0.4, 0.5) is 11.6 Å². The second kappa shape index (κ2) is 5.37. The summed E-state index contributed by atoms with van der Waals surface area (Å²) in [6.07, 6.45) is 9.91. The maximum absolute atomic E-state index is 13.1. The lowest BCUT2D eigenvalue weighted by Gasteiger charge is -2.26. The summed E-state index contributed by atoms with van der Waals surface area (Å²) in [7, 11) is 0. The summed E-state index contributed by atoms with van der Waals surface area (Å²) in [6, 6.07) is 11.2. The van der Waals surface area contributed by atoms with E-state index in [4.69, 9.17) is 0 Å². The fourth-order valence-corrected chi connectivity index (χ4v) is 3.55. The monoisotopic (exact) mass is 291 g/mol. The Morgan fingerprint density at radius 1 is 0.955 bits per heavy atom. The van der Waals surface area contributed by atoms with Gasteiger partial charge in [0.2, 0.25) is 5.91 Å². The Kier molecular flexibility index (Phi) is 3.22. The number of allylic oxidation sites excluding steroid dienone is 2. The van der Waals surface area contributed by atoms with E-state index in [-0.39, 0.29) is 11.8 Å². The first-order valence-electron chi connectivity index (χ1n) is 7.67. The molecule has 1 saturated carbocycles. The van der Waals surface area contributed by atoms with Crippen LogP contribution in [0.5, 0.6) is 0 Å². The molecule has 110 valence electrons. The van der Waals surface area contributed by atoms with Gasteiger partial charge in [-0.2, -0.15) is 0 Å². The Bertz CT molecular complexity index is 659. The van der Waals surface area contributed by atoms with Crippen LogP contribution < -0.4 is 4.90 Å². The van der Waals surface area contributed by atoms with E-state index in [1.54, 1.807) is 17.3 Å². The van der Waals surface area contributed by atoms with Crippen molar-refractivity contribution in [2.45, 2.75) is 12.8 Å². The highest BCUT2D eigenvalue weighted by molar-refractivity contribution is 6.00. The second-order valence-corrected chi connectivity index (χ2v) is 5.94. The Morgan fingerprint density at radius 3 is 2.09 bits per heavy atom. The van der Waals surface area contributed by atoms with E-state index >= 15 is 0 Å². The molecule has 1 fully saturated rings. The zero-order chi connectivity index (χ0) is 14.9. The molecule has 3 atom stereocenters. The highest BCUT2D eigenvalue weighted by Crippen LogP contribution is 2.45. The van der Waals surface area contributed by atoms with E-state index in [0.717, 1.165) is 12.8 Å². The van der Waals surface area contributed by atoms with Crippen LogP contribution in [0.3, 0.4) is 0 Å². The van der Waals surface area contributed by atoms with E-state index in [1.807, 2.05) is 36.4 Å². The molecule has 0 radical (unpaired) electrons. The van der Waals surface area contributed by atoms with Crippen molar-refractivity contribution in [2.24, 2.45) is 17.8 Å². The number of anilines is 2. The molecule has 1 amide bonds. The van der Waals surface area contributed by atoms with E-state index < -0.39 is 0 Å². The van der Waals surface area contributed by atoms with Crippen molar-refractivity contribution in [2.75, 3.05) is 4.90 Å². The molecule has 3 unspecified atom stereocenters. The first-order valence-corrected chi connectivity index (χ1v) is 7.67. The Labute approximate surface area is 129 Å². The van der Waals surface area contributed by atoms with Gasteiger partial charge in [-0.1, -0.05) is 24.3 Å². The molecular formula is C18H17N3O. The third-order valence-corrected chi connectivity index (χ3v) is 4.57. The molecule has 0 spiro atoms. The van der Waals surface area contributed by atoms with Crippen LogP contribution in [0.15, 0.2) is 60.9 Å². The molecule has 4 rings (SSSR count). The lowest BCUT2D eigenvalue weighted by molar-refractivity contribution is -0.122. The van der Waals surface area contributed by atoms with Crippen LogP contribution in [-0.4, -0.2) is 15.9 Å². The van der Waals surface area contributed by atoms with E-state index in [1.165, 1.54) is 0 Å². The maximum atomic E-state index is 13.1. The normalized spacial score (nSPS) is 25.4. The van der Waals surface area contributed by atoms with Gasteiger partial charge in [0.1, 0.15) is 11.6 Å². The van der Waals surface area contributed by atoms with Crippen molar-refractivity contribution in [1.29, 1.82) is 0 Å². The van der Waals surface area contributed by atoms with Crippen molar-refractivity contribution in [3.05, 3.63) is 60.9 Å². The molecule has 2 aromatic heterocycles. The standard InChI is InChI=1S/C18H17N3O/c22-18(15-12-13-7-8-14(15)11-13)21(16-5-1-3-9-19-16)17-6-2-4-10-20-17/h1-10,13-15H,11-12H2. The zero-order valence-electron chi connectivity index (χ0n) is 12.2. The SMILES string of the molecule is O=C(C1CC2C=CC1C2)N(c1ccccn1)c1ccccn1. The fourth-order valence-electron chi connectivity index (χ4n) is 3.55. The second-order valence-electron chi connectivity index (χ2n) is 5.94. The Morgan fingerprint density at radius 2 is 1.64 bits per heavy atom. The van der Waals surface area contributed by atoms with Gasteiger partial charge in [-0.05, 0) is 48.9 Å². The number of carbonyl (C=O) groups excluding carboxylic acids is 1. The number of pyridine rings is 2. The van der Waals surface area contributed by atoms with E-state index in [9.17, 15) is 4.79 Å². The summed E-state index contributed by atoms with van der Waals surface area (Å²) in [6.45, 7) is 0. The lowest BCUT2D eigenvalue weighted by atomic mass is 9.92. The van der Waals surface area contributed by atoms with Gasteiger partial charge in [-0.15, -0.1) is 0 Å². The molecule has 0 aliphatic heterocycles. The molecule has 2 aromatic rings. The summed E-state index contributed by atoms with van der Waals surface area (Å²) in [5.41, 5.74) is 0. The van der Waals surface area contributed by atoms with Crippen molar-refractivity contribution < 1.29 is 4.79 Å². The van der Waals surface area contributed by atoms with Gasteiger partial charge in [-0.25, -0.2) is 14.9 Å². The van der Waals surface area contributed by atoms with Gasteiger partial charge in [0.15, 0.2) is 0 Å². The molecular weight excluding hydrogens is 274 g/mol. The molecule has 0 saturated heterocycles. The quantitative estimate of drug-likeness (QED) is 0.815. The minimum Gasteiger partial charge on any atom is -0.274 e. The minimum absolute atomic E-state index is 0.0408. The first-order chi connectivity index (χ1) is 10.8. The smallest absolute Gasteiger partial charge is 0.237 e. The van der Waals surface area contributed by atoms with Crippen LogP contribution >= 0.6 is 0 Å². The van der Waals surface area contributed by atoms with Crippen LogP contribution in [0, 0.1) is 17.8 Å². The predicted octanol–water partition coefficient (Wildman–Crippen LogP) is 3.35. The third kappa shape index (κ3) is 2.21. The minimum atomic E-state index is 0.0408. The van der Waals surface area contributed by atoms with E-state index in [0.29, 0.717) is 23.5 Å². The van der Waals surface area contributed by atoms with Crippen LogP contribution in [0.25, 0.3) is 0 Å². The average molecular weight is 291 g/mol. The van der Waals surface area contributed by atoms with Gasteiger partial charge in [0.25, 0.3) is 0 Å². The van der Waals surface area contributed by atoms with Crippen molar-refractivity contribution in [1.82, 2.24) is 9.97 Å². The molecule has 4 heteroatoms. The number of amides is 1. The lowest BCUT2D eigenvalue weighted by Crippen LogP contribution is -2.35. The molecule has 0 N–H and O–H groups in total. The Hall–Kier alpha value is -2.49. The first kappa shape index (κ1) is 13.2. The van der Waals surface area contributed by atoms with Crippen LogP contribution in [0.2, 0.25) is 0 Å². The van der Waals surface area contributed by atoms with Gasteiger partial charge in [-0.3, -0.25) is 4.79 Å². The maximum Gasteiger partial charge on any atom is 0.237 e. The molecule has 4 nitrogen and oxygen atoms in total. The molecule has 2 aliphatic carbocycles. The van der Waals surface area contributed by atoms with Crippen molar-refractivity contribution in [3.63, 3.8) is 0 Å². The number of hydrogen-bond acceptors (Lipinski definition) is 3. The molecule has 2 bridgehead atoms.